The van der Waals surface area contributed by atoms with E-state index in [4.69, 9.17) is 29.2 Å². The Labute approximate surface area is 211 Å². The number of ether oxygens (including phenoxy) is 3. The highest BCUT2D eigenvalue weighted by molar-refractivity contribution is 5.90. The second kappa shape index (κ2) is 9.80. The van der Waals surface area contributed by atoms with Gasteiger partial charge in [-0.3, -0.25) is 0 Å². The number of hydrogen-bond acceptors (Lipinski definition) is 9. The van der Waals surface area contributed by atoms with E-state index in [2.05, 4.69) is 29.8 Å². The lowest BCUT2D eigenvalue weighted by atomic mass is 9.99. The Kier molecular flexibility index (Phi) is 6.37. The predicted molar refractivity (Wildman–Crippen MR) is 138 cm³/mol. The van der Waals surface area contributed by atoms with E-state index in [9.17, 15) is 5.11 Å². The summed E-state index contributed by atoms with van der Waals surface area (Å²) in [6, 6.07) is 10.5. The summed E-state index contributed by atoms with van der Waals surface area (Å²) in [5.41, 5.74) is 3.22. The highest BCUT2D eigenvalue weighted by Crippen LogP contribution is 2.36. The Hall–Kier alpha value is -3.01. The van der Waals surface area contributed by atoms with Crippen LogP contribution in [-0.4, -0.2) is 78.8 Å². The van der Waals surface area contributed by atoms with Gasteiger partial charge in [-0.1, -0.05) is 0 Å². The molecule has 2 atom stereocenters. The fourth-order valence-corrected chi connectivity index (χ4v) is 5.33. The summed E-state index contributed by atoms with van der Waals surface area (Å²) in [6.07, 6.45) is 1.98. The van der Waals surface area contributed by atoms with Crippen LogP contribution >= 0.6 is 0 Å². The monoisotopic (exact) mass is 491 g/mol. The number of morpholine rings is 1. The molecule has 0 radical (unpaired) electrons. The molecule has 9 heteroatoms. The number of nitrogens with zero attached hydrogens (tertiary/aromatic N) is 5. The van der Waals surface area contributed by atoms with Crippen molar-refractivity contribution < 1.29 is 19.3 Å². The van der Waals surface area contributed by atoms with Crippen LogP contribution in [0.15, 0.2) is 30.3 Å². The molecule has 0 spiro atoms. The Bertz CT molecular complexity index is 1250. The third-order valence-corrected chi connectivity index (χ3v) is 7.53. The minimum absolute atomic E-state index is 0.208. The van der Waals surface area contributed by atoms with Gasteiger partial charge in [0, 0.05) is 50.4 Å². The topological polar surface area (TPSA) is 93.1 Å². The number of hydrogen-bond donors (Lipinski definition) is 1. The first-order valence-corrected chi connectivity index (χ1v) is 12.9. The van der Waals surface area contributed by atoms with E-state index in [1.54, 1.807) is 0 Å². The van der Waals surface area contributed by atoms with Crippen molar-refractivity contribution in [3.05, 3.63) is 35.9 Å². The van der Waals surface area contributed by atoms with Crippen molar-refractivity contribution >= 4 is 22.8 Å². The zero-order chi connectivity index (χ0) is 24.6. The van der Waals surface area contributed by atoms with Crippen LogP contribution in [0.3, 0.4) is 0 Å². The van der Waals surface area contributed by atoms with Gasteiger partial charge in [0.2, 0.25) is 5.95 Å². The molecule has 3 aromatic rings. The van der Waals surface area contributed by atoms with Crippen molar-refractivity contribution in [2.45, 2.75) is 44.4 Å². The first-order chi connectivity index (χ1) is 17.6. The lowest BCUT2D eigenvalue weighted by molar-refractivity contribution is 0.0852. The lowest BCUT2D eigenvalue weighted by Gasteiger charge is -2.36. The van der Waals surface area contributed by atoms with Gasteiger partial charge < -0.3 is 29.1 Å². The fourth-order valence-electron chi connectivity index (χ4n) is 5.33. The van der Waals surface area contributed by atoms with E-state index in [0.717, 1.165) is 66.4 Å². The van der Waals surface area contributed by atoms with E-state index >= 15 is 0 Å². The van der Waals surface area contributed by atoms with Gasteiger partial charge in [-0.25, -0.2) is 4.98 Å². The van der Waals surface area contributed by atoms with E-state index in [0.29, 0.717) is 43.9 Å². The zero-order valence-electron chi connectivity index (χ0n) is 20.9. The lowest BCUT2D eigenvalue weighted by Crippen LogP contribution is -2.44. The Balaban J connectivity index is 1.44. The van der Waals surface area contributed by atoms with Gasteiger partial charge >= 0.3 is 0 Å². The summed E-state index contributed by atoms with van der Waals surface area (Å²) in [6.45, 7) is 6.33. The van der Waals surface area contributed by atoms with E-state index in [-0.39, 0.29) is 6.04 Å². The molecule has 1 N–H and O–H groups in total. The van der Waals surface area contributed by atoms with Crippen molar-refractivity contribution in [2.75, 3.05) is 56.4 Å². The highest BCUT2D eigenvalue weighted by atomic mass is 16.5. The van der Waals surface area contributed by atoms with Gasteiger partial charge in [-0.2, -0.15) is 9.97 Å². The Morgan fingerprint density at radius 3 is 2.67 bits per heavy atom. The molecule has 0 amide bonds. The number of pyridine rings is 1. The van der Waals surface area contributed by atoms with E-state index in [1.807, 2.05) is 24.3 Å². The van der Waals surface area contributed by atoms with Gasteiger partial charge in [-0.15, -0.1) is 0 Å². The Morgan fingerprint density at radius 2 is 1.83 bits per heavy atom. The number of fused-ring (bicyclic) bond motifs is 2. The molecule has 2 saturated heterocycles. The minimum atomic E-state index is -0.523. The third kappa shape index (κ3) is 4.36. The van der Waals surface area contributed by atoms with Gasteiger partial charge in [0.05, 0.1) is 43.0 Å². The molecule has 2 unspecified atom stereocenters. The summed E-state index contributed by atoms with van der Waals surface area (Å²) < 4.78 is 17.0. The van der Waals surface area contributed by atoms with Crippen molar-refractivity contribution in [2.24, 2.45) is 0 Å². The van der Waals surface area contributed by atoms with Crippen molar-refractivity contribution in [1.29, 1.82) is 0 Å². The molecule has 9 nitrogen and oxygen atoms in total. The van der Waals surface area contributed by atoms with E-state index < -0.39 is 6.10 Å². The summed E-state index contributed by atoms with van der Waals surface area (Å²) in [7, 11) is 2.07. The quantitative estimate of drug-likeness (QED) is 0.590. The average Bonchev–Trinajstić information content (AvgIpc) is 2.92. The second-order valence-electron chi connectivity index (χ2n) is 9.89. The highest BCUT2D eigenvalue weighted by Gasteiger charge is 2.27. The largest absolute Gasteiger partial charge is 0.493 e. The van der Waals surface area contributed by atoms with Gasteiger partial charge in [0.1, 0.15) is 11.6 Å². The first-order valence-electron chi connectivity index (χ1n) is 12.9. The summed E-state index contributed by atoms with van der Waals surface area (Å²) >= 11 is 0. The minimum Gasteiger partial charge on any atom is -0.493 e. The van der Waals surface area contributed by atoms with Crippen LogP contribution in [0.5, 0.6) is 5.75 Å². The molecule has 5 heterocycles. The smallest absolute Gasteiger partial charge is 0.229 e. The van der Waals surface area contributed by atoms with Crippen LogP contribution in [-0.2, 0) is 9.47 Å². The number of aromatic nitrogens is 3. The summed E-state index contributed by atoms with van der Waals surface area (Å²) in [5, 5.41) is 11.4. The standard InChI is InChI=1S/C27H33N5O4/c1-17-16-35-14-10-32(17)26-20-4-5-22(18-3-6-24-21(15-18)23(33)9-13-36-24)28-25(20)29-27(30-26)31(2)19-7-11-34-12-8-19/h3-6,15,17,19,23,33H,7-14,16H2,1-2H3. The summed E-state index contributed by atoms with van der Waals surface area (Å²) in [4.78, 5) is 19.5. The molecular formula is C27H33N5O4. The van der Waals surface area contributed by atoms with Crippen LogP contribution in [0, 0.1) is 0 Å². The first kappa shape index (κ1) is 23.4. The molecule has 3 aliphatic heterocycles. The molecule has 0 bridgehead atoms. The van der Waals surface area contributed by atoms with E-state index in [1.165, 1.54) is 0 Å². The number of aliphatic hydroxyl groups is 1. The fraction of sp³-hybridized carbons (Fsp3) is 0.519. The SMILES string of the molecule is CC1COCCN1c1nc(N(C)C2CCOCC2)nc2nc(-c3ccc4c(c3)C(O)CCO4)ccc12. The molecule has 2 aromatic heterocycles. The van der Waals surface area contributed by atoms with Crippen molar-refractivity contribution in [3.63, 3.8) is 0 Å². The predicted octanol–water partition coefficient (Wildman–Crippen LogP) is 3.35. The molecule has 36 heavy (non-hydrogen) atoms. The molecule has 0 saturated carbocycles. The molecule has 6 rings (SSSR count). The van der Waals surface area contributed by atoms with Crippen molar-refractivity contribution in [3.8, 4) is 17.0 Å². The Morgan fingerprint density at radius 1 is 0.972 bits per heavy atom. The van der Waals surface area contributed by atoms with Crippen molar-refractivity contribution in [1.82, 2.24) is 15.0 Å². The molecule has 1 aromatic carbocycles. The van der Waals surface area contributed by atoms with Crippen LogP contribution in [0.4, 0.5) is 11.8 Å². The van der Waals surface area contributed by atoms with Gasteiger partial charge in [0.25, 0.3) is 0 Å². The number of rotatable bonds is 4. The van der Waals surface area contributed by atoms with Crippen LogP contribution in [0.2, 0.25) is 0 Å². The molecule has 0 aliphatic carbocycles. The van der Waals surface area contributed by atoms with Crippen LogP contribution in [0.25, 0.3) is 22.3 Å². The molecule has 3 aliphatic rings. The van der Waals surface area contributed by atoms with Gasteiger partial charge in [-0.05, 0) is 50.1 Å². The molecular weight excluding hydrogens is 458 g/mol. The third-order valence-electron chi connectivity index (χ3n) is 7.53. The second-order valence-corrected chi connectivity index (χ2v) is 9.89. The number of aliphatic hydroxyl groups excluding tert-OH is 1. The maximum Gasteiger partial charge on any atom is 0.229 e. The number of anilines is 2. The summed E-state index contributed by atoms with van der Waals surface area (Å²) in [5.74, 6) is 2.32. The maximum atomic E-state index is 10.5. The maximum absolute atomic E-state index is 10.5. The molecule has 2 fully saturated rings. The van der Waals surface area contributed by atoms with Crippen LogP contribution in [0.1, 0.15) is 37.9 Å². The number of benzene rings is 1. The average molecular weight is 492 g/mol. The zero-order valence-corrected chi connectivity index (χ0v) is 20.9. The van der Waals surface area contributed by atoms with Gasteiger partial charge in [0.15, 0.2) is 5.65 Å². The normalized spacial score (nSPS) is 22.8. The van der Waals surface area contributed by atoms with Crippen LogP contribution < -0.4 is 14.5 Å². The molecule has 190 valence electrons.